The number of piperazine rings is 1. The van der Waals surface area contributed by atoms with Gasteiger partial charge >= 0.3 is 0 Å². The first-order valence-corrected chi connectivity index (χ1v) is 17.5. The lowest BCUT2D eigenvalue weighted by Gasteiger charge is -2.43. The number of carbonyl (C=O) groups is 1. The third-order valence-electron chi connectivity index (χ3n) is 11.1. The van der Waals surface area contributed by atoms with Gasteiger partial charge in [-0.25, -0.2) is 9.97 Å². The van der Waals surface area contributed by atoms with Crippen LogP contribution in [0.1, 0.15) is 61.0 Å². The molecule has 1 unspecified atom stereocenters. The third-order valence-corrected chi connectivity index (χ3v) is 11.1. The van der Waals surface area contributed by atoms with Crippen LogP contribution >= 0.6 is 0 Å². The molecule has 1 spiro atoms. The number of nitrogens with two attached hydrogens (primary N) is 1. The van der Waals surface area contributed by atoms with Crippen LogP contribution in [-0.2, 0) is 4.74 Å². The fourth-order valence-electron chi connectivity index (χ4n) is 7.91. The normalized spacial score (nSPS) is 23.5. The van der Waals surface area contributed by atoms with Crippen LogP contribution in [0.5, 0.6) is 0 Å². The van der Waals surface area contributed by atoms with E-state index in [9.17, 15) is 4.79 Å². The molecule has 3 aromatic rings. The van der Waals surface area contributed by atoms with Gasteiger partial charge in [0.2, 0.25) is 0 Å². The van der Waals surface area contributed by atoms with Crippen molar-refractivity contribution in [3.8, 4) is 11.4 Å². The summed E-state index contributed by atoms with van der Waals surface area (Å²) in [5, 5.41) is 7.08. The zero-order valence-electron chi connectivity index (χ0n) is 27.5. The maximum absolute atomic E-state index is 12.8. The average Bonchev–Trinajstić information content (AvgIpc) is 4.04. The minimum atomic E-state index is -0.639. The van der Waals surface area contributed by atoms with Gasteiger partial charge in [0.05, 0.1) is 12.3 Å². The standard InChI is InChI=1S/C36H47N9O2/c1-24-3-2-15-38-30(24)31-34(40-29-12-22-47-23-36(29)13-14-36)42-35(32(41-31)33(37)46)39-25-4-6-26(7-5-25)43-16-10-28(11-17-43)45-20-18-44(19-21-45)27-8-9-27/h2-7,15,27-29H,8-14,16-23H2,1H3,(H2,37,46)(H2,39,40,42). The van der Waals surface area contributed by atoms with Gasteiger partial charge in [-0.05, 0) is 87.8 Å². The number of nitrogens with one attached hydrogen (secondary N) is 2. The minimum Gasteiger partial charge on any atom is -0.381 e. The average molecular weight is 638 g/mol. The maximum Gasteiger partial charge on any atom is 0.271 e. The van der Waals surface area contributed by atoms with E-state index in [4.69, 9.17) is 20.4 Å². The Morgan fingerprint density at radius 1 is 0.872 bits per heavy atom. The number of amides is 1. The number of aryl methyl sites for hydroxylation is 1. The number of primary amides is 1. The Kier molecular flexibility index (Phi) is 8.23. The first-order valence-electron chi connectivity index (χ1n) is 17.5. The smallest absolute Gasteiger partial charge is 0.271 e. The molecule has 1 atom stereocenters. The molecule has 248 valence electrons. The number of carbonyl (C=O) groups excluding carboxylic acids is 1. The molecule has 11 nitrogen and oxygen atoms in total. The number of anilines is 4. The predicted molar refractivity (Wildman–Crippen MR) is 184 cm³/mol. The molecule has 3 aliphatic heterocycles. The van der Waals surface area contributed by atoms with Crippen molar-refractivity contribution in [2.24, 2.45) is 11.1 Å². The van der Waals surface area contributed by atoms with Gasteiger partial charge in [-0.3, -0.25) is 19.6 Å². The molecule has 1 amide bonds. The highest BCUT2D eigenvalue weighted by atomic mass is 16.5. The predicted octanol–water partition coefficient (Wildman–Crippen LogP) is 4.42. The van der Waals surface area contributed by atoms with Crippen molar-refractivity contribution in [1.29, 1.82) is 0 Å². The summed E-state index contributed by atoms with van der Waals surface area (Å²) in [6.07, 6.45) is 10.1. The molecule has 5 fully saturated rings. The molecule has 4 N–H and O–H groups in total. The van der Waals surface area contributed by atoms with Gasteiger partial charge in [0.1, 0.15) is 5.69 Å². The van der Waals surface area contributed by atoms with Crippen LogP contribution < -0.4 is 21.3 Å². The number of piperidine rings is 1. The molecular formula is C36H47N9O2. The van der Waals surface area contributed by atoms with Gasteiger partial charge in [0, 0.05) is 87.0 Å². The van der Waals surface area contributed by atoms with Gasteiger partial charge in [0.25, 0.3) is 5.91 Å². The summed E-state index contributed by atoms with van der Waals surface area (Å²) in [6, 6.07) is 14.1. The van der Waals surface area contributed by atoms with Crippen LogP contribution in [0.2, 0.25) is 0 Å². The molecule has 5 aliphatic rings. The number of benzene rings is 1. The van der Waals surface area contributed by atoms with Gasteiger partial charge in [-0.1, -0.05) is 6.07 Å². The first-order chi connectivity index (χ1) is 23.0. The van der Waals surface area contributed by atoms with E-state index < -0.39 is 5.91 Å². The molecule has 11 heteroatoms. The van der Waals surface area contributed by atoms with E-state index in [2.05, 4.69) is 42.5 Å². The lowest BCUT2D eigenvalue weighted by molar-refractivity contribution is 0.0351. The fraction of sp³-hybridized carbons (Fsp3) is 0.556. The molecule has 1 aromatic carbocycles. The summed E-state index contributed by atoms with van der Waals surface area (Å²) in [5.41, 5.74) is 10.3. The van der Waals surface area contributed by atoms with Crippen molar-refractivity contribution < 1.29 is 9.53 Å². The molecule has 0 bridgehead atoms. The fourth-order valence-corrected chi connectivity index (χ4v) is 7.91. The quantitative estimate of drug-likeness (QED) is 0.311. The van der Waals surface area contributed by atoms with Crippen molar-refractivity contribution >= 4 is 28.9 Å². The zero-order valence-corrected chi connectivity index (χ0v) is 27.5. The summed E-state index contributed by atoms with van der Waals surface area (Å²) in [6.45, 7) is 10.5. The highest BCUT2D eigenvalue weighted by Gasteiger charge is 2.51. The maximum atomic E-state index is 12.8. The van der Waals surface area contributed by atoms with Crippen LogP contribution in [0.25, 0.3) is 11.4 Å². The Bertz CT molecular complexity index is 1590. The Labute approximate surface area is 277 Å². The van der Waals surface area contributed by atoms with E-state index in [1.807, 2.05) is 31.2 Å². The molecule has 0 radical (unpaired) electrons. The van der Waals surface area contributed by atoms with E-state index in [0.29, 0.717) is 35.7 Å². The number of ether oxygens (including phenoxy) is 1. The Balaban J connectivity index is 0.985. The minimum absolute atomic E-state index is 0.0906. The second-order valence-electron chi connectivity index (χ2n) is 14.2. The molecule has 5 heterocycles. The van der Waals surface area contributed by atoms with Crippen LogP contribution in [0.4, 0.5) is 23.0 Å². The van der Waals surface area contributed by atoms with Crippen molar-refractivity contribution in [2.45, 2.75) is 70.0 Å². The summed E-state index contributed by atoms with van der Waals surface area (Å²) >= 11 is 0. The van der Waals surface area contributed by atoms with E-state index in [1.54, 1.807) is 6.20 Å². The summed E-state index contributed by atoms with van der Waals surface area (Å²) in [4.78, 5) is 35.1. The highest BCUT2D eigenvalue weighted by Crippen LogP contribution is 2.52. The number of pyridine rings is 1. The van der Waals surface area contributed by atoms with Gasteiger partial charge < -0.3 is 26.0 Å². The molecule has 2 saturated carbocycles. The number of rotatable bonds is 9. The Morgan fingerprint density at radius 2 is 1.57 bits per heavy atom. The van der Waals surface area contributed by atoms with Crippen molar-refractivity contribution in [3.05, 3.63) is 53.9 Å². The van der Waals surface area contributed by atoms with Crippen LogP contribution in [-0.4, -0.2) is 101 Å². The van der Waals surface area contributed by atoms with Crippen molar-refractivity contribution in [2.75, 3.05) is 68.0 Å². The first kappa shape index (κ1) is 30.5. The molecular weight excluding hydrogens is 590 g/mol. The summed E-state index contributed by atoms with van der Waals surface area (Å²) in [7, 11) is 0. The number of nitrogens with zero attached hydrogens (tertiary/aromatic N) is 6. The Morgan fingerprint density at radius 3 is 2.21 bits per heavy atom. The zero-order chi connectivity index (χ0) is 32.0. The molecule has 2 aromatic heterocycles. The highest BCUT2D eigenvalue weighted by molar-refractivity contribution is 5.97. The number of hydrogen-bond donors (Lipinski definition) is 3. The largest absolute Gasteiger partial charge is 0.381 e. The van der Waals surface area contributed by atoms with Gasteiger partial charge in [0.15, 0.2) is 17.3 Å². The lowest BCUT2D eigenvalue weighted by atomic mass is 9.92. The van der Waals surface area contributed by atoms with E-state index in [0.717, 1.165) is 56.3 Å². The van der Waals surface area contributed by atoms with Crippen LogP contribution in [0.3, 0.4) is 0 Å². The second kappa shape index (κ2) is 12.7. The van der Waals surface area contributed by atoms with Crippen LogP contribution in [0.15, 0.2) is 42.6 Å². The van der Waals surface area contributed by atoms with E-state index >= 15 is 0 Å². The monoisotopic (exact) mass is 637 g/mol. The lowest BCUT2D eigenvalue weighted by Crippen LogP contribution is -2.53. The Hall–Kier alpha value is -3.80. The van der Waals surface area contributed by atoms with E-state index in [1.165, 1.54) is 57.5 Å². The van der Waals surface area contributed by atoms with E-state index in [-0.39, 0.29) is 17.2 Å². The molecule has 47 heavy (non-hydrogen) atoms. The molecule has 3 saturated heterocycles. The third kappa shape index (κ3) is 6.40. The number of aromatic nitrogens is 3. The number of hydrogen-bond acceptors (Lipinski definition) is 10. The molecule has 8 rings (SSSR count). The van der Waals surface area contributed by atoms with Crippen LogP contribution in [0, 0.1) is 12.3 Å². The summed E-state index contributed by atoms with van der Waals surface area (Å²) < 4.78 is 5.83. The molecule has 2 aliphatic carbocycles. The van der Waals surface area contributed by atoms with Gasteiger partial charge in [-0.15, -0.1) is 0 Å². The summed E-state index contributed by atoms with van der Waals surface area (Å²) in [5.74, 6) is 0.301. The topological polar surface area (TPSA) is 125 Å². The van der Waals surface area contributed by atoms with Crippen molar-refractivity contribution in [1.82, 2.24) is 24.8 Å². The van der Waals surface area contributed by atoms with Crippen molar-refractivity contribution in [3.63, 3.8) is 0 Å². The SMILES string of the molecule is Cc1cccnc1-c1nc(C(N)=O)c(Nc2ccc(N3CCC(N4CCN(C5CC5)CC4)CC3)cc2)nc1NC1CCOCC12CC2. The van der Waals surface area contributed by atoms with Gasteiger partial charge in [-0.2, -0.15) is 0 Å². The second-order valence-corrected chi connectivity index (χ2v) is 14.2.